The Morgan fingerprint density at radius 2 is 1.59 bits per heavy atom. The van der Waals surface area contributed by atoms with Crippen molar-refractivity contribution in [1.29, 1.82) is 0 Å². The van der Waals surface area contributed by atoms with Crippen LogP contribution in [-0.2, 0) is 19.1 Å². The Hall–Kier alpha value is -1.87. The standard InChI is InChI=1S/C18H32N4O5/c1-14(2)12-15(19-18(25)26-3)17(24)22-6-4-21(5-7-22)16(23)13-20-8-10-27-11-9-20/h14-15H,4-13H2,1-3H3,(H,19,25). The fourth-order valence-electron chi connectivity index (χ4n) is 3.34. The van der Waals surface area contributed by atoms with E-state index < -0.39 is 12.1 Å². The van der Waals surface area contributed by atoms with Crippen molar-refractivity contribution in [3.63, 3.8) is 0 Å². The van der Waals surface area contributed by atoms with Gasteiger partial charge in [0.15, 0.2) is 0 Å². The molecule has 9 nitrogen and oxygen atoms in total. The molecule has 0 aromatic rings. The number of amides is 3. The fraction of sp³-hybridized carbons (Fsp3) is 0.833. The number of nitrogens with one attached hydrogen (secondary N) is 1. The molecule has 0 spiro atoms. The molecule has 2 heterocycles. The van der Waals surface area contributed by atoms with E-state index >= 15 is 0 Å². The number of methoxy groups -OCH3 is 1. The highest BCUT2D eigenvalue weighted by molar-refractivity contribution is 5.86. The second-order valence-electron chi connectivity index (χ2n) is 7.41. The highest BCUT2D eigenvalue weighted by Crippen LogP contribution is 2.11. The van der Waals surface area contributed by atoms with Crippen molar-refractivity contribution in [2.24, 2.45) is 5.92 Å². The van der Waals surface area contributed by atoms with Gasteiger partial charge in [0.1, 0.15) is 6.04 Å². The van der Waals surface area contributed by atoms with E-state index in [0.29, 0.717) is 52.4 Å². The summed E-state index contributed by atoms with van der Waals surface area (Å²) in [7, 11) is 1.28. The minimum absolute atomic E-state index is 0.0930. The largest absolute Gasteiger partial charge is 0.453 e. The molecule has 2 aliphatic rings. The van der Waals surface area contributed by atoms with Gasteiger partial charge in [0.25, 0.3) is 0 Å². The maximum atomic E-state index is 12.8. The van der Waals surface area contributed by atoms with Gasteiger partial charge in [-0.2, -0.15) is 0 Å². The van der Waals surface area contributed by atoms with E-state index in [-0.39, 0.29) is 17.7 Å². The molecule has 1 N–H and O–H groups in total. The van der Waals surface area contributed by atoms with E-state index in [4.69, 9.17) is 4.74 Å². The number of morpholine rings is 1. The van der Waals surface area contributed by atoms with E-state index in [1.165, 1.54) is 7.11 Å². The molecule has 0 aromatic heterocycles. The monoisotopic (exact) mass is 384 g/mol. The van der Waals surface area contributed by atoms with Crippen LogP contribution in [0.3, 0.4) is 0 Å². The quantitative estimate of drug-likeness (QED) is 0.680. The first-order valence-electron chi connectivity index (χ1n) is 9.62. The summed E-state index contributed by atoms with van der Waals surface area (Å²) in [5.41, 5.74) is 0. The summed E-state index contributed by atoms with van der Waals surface area (Å²) in [4.78, 5) is 42.5. The van der Waals surface area contributed by atoms with Crippen molar-refractivity contribution in [3.8, 4) is 0 Å². The second-order valence-corrected chi connectivity index (χ2v) is 7.41. The van der Waals surface area contributed by atoms with E-state index in [1.807, 2.05) is 18.7 Å². The van der Waals surface area contributed by atoms with Gasteiger partial charge in [-0.1, -0.05) is 13.8 Å². The summed E-state index contributed by atoms with van der Waals surface area (Å²) >= 11 is 0. The molecule has 2 fully saturated rings. The Morgan fingerprint density at radius 3 is 2.15 bits per heavy atom. The average molecular weight is 384 g/mol. The Morgan fingerprint density at radius 1 is 1.00 bits per heavy atom. The molecule has 2 aliphatic heterocycles. The van der Waals surface area contributed by atoms with Crippen molar-refractivity contribution < 1.29 is 23.9 Å². The zero-order chi connectivity index (χ0) is 19.8. The van der Waals surface area contributed by atoms with Gasteiger partial charge in [0.2, 0.25) is 11.8 Å². The molecular formula is C18H32N4O5. The van der Waals surface area contributed by atoms with Crippen molar-refractivity contribution in [3.05, 3.63) is 0 Å². The minimum atomic E-state index is -0.604. The average Bonchev–Trinajstić information content (AvgIpc) is 2.67. The van der Waals surface area contributed by atoms with Crippen molar-refractivity contribution >= 4 is 17.9 Å². The first-order chi connectivity index (χ1) is 12.9. The fourth-order valence-corrected chi connectivity index (χ4v) is 3.34. The molecule has 1 unspecified atom stereocenters. The number of carbonyl (C=O) groups is 3. The third kappa shape index (κ3) is 6.66. The highest BCUT2D eigenvalue weighted by Gasteiger charge is 2.31. The molecule has 2 rings (SSSR count). The summed E-state index contributed by atoms with van der Waals surface area (Å²) in [5, 5.41) is 2.63. The first kappa shape index (κ1) is 21.4. The van der Waals surface area contributed by atoms with Gasteiger partial charge in [0.05, 0.1) is 26.9 Å². The van der Waals surface area contributed by atoms with Crippen molar-refractivity contribution in [2.75, 3.05) is 66.1 Å². The number of carbonyl (C=O) groups excluding carboxylic acids is 3. The van der Waals surface area contributed by atoms with Crippen LogP contribution in [0.1, 0.15) is 20.3 Å². The molecule has 0 bridgehead atoms. The van der Waals surface area contributed by atoms with Crippen molar-refractivity contribution in [1.82, 2.24) is 20.0 Å². The topological polar surface area (TPSA) is 91.4 Å². The van der Waals surface area contributed by atoms with E-state index in [9.17, 15) is 14.4 Å². The normalized spacial score (nSPS) is 19.7. The van der Waals surface area contributed by atoms with Crippen LogP contribution in [-0.4, -0.2) is 105 Å². The van der Waals surface area contributed by atoms with Crippen molar-refractivity contribution in [2.45, 2.75) is 26.3 Å². The number of piperazine rings is 1. The predicted octanol–water partition coefficient (Wildman–Crippen LogP) is -0.240. The van der Waals surface area contributed by atoms with E-state index in [2.05, 4.69) is 15.0 Å². The van der Waals surface area contributed by atoms with Gasteiger partial charge in [0, 0.05) is 39.3 Å². The Kier molecular flexibility index (Phi) is 8.30. The number of hydrogen-bond acceptors (Lipinski definition) is 6. The number of ether oxygens (including phenoxy) is 2. The maximum Gasteiger partial charge on any atom is 0.407 e. The van der Waals surface area contributed by atoms with Crippen LogP contribution < -0.4 is 5.32 Å². The molecule has 3 amide bonds. The predicted molar refractivity (Wildman–Crippen MR) is 99.2 cm³/mol. The van der Waals surface area contributed by atoms with Crippen LogP contribution in [0.15, 0.2) is 0 Å². The third-order valence-corrected chi connectivity index (χ3v) is 4.89. The second kappa shape index (κ2) is 10.5. The lowest BCUT2D eigenvalue weighted by molar-refractivity contribution is -0.142. The molecule has 2 saturated heterocycles. The third-order valence-electron chi connectivity index (χ3n) is 4.89. The molecule has 27 heavy (non-hydrogen) atoms. The van der Waals surface area contributed by atoms with E-state index in [1.54, 1.807) is 4.90 Å². The SMILES string of the molecule is COC(=O)NC(CC(C)C)C(=O)N1CCN(C(=O)CN2CCOCC2)CC1. The summed E-state index contributed by atoms with van der Waals surface area (Å²) in [6, 6.07) is -0.604. The molecule has 1 atom stereocenters. The number of hydrogen-bond donors (Lipinski definition) is 1. The highest BCUT2D eigenvalue weighted by atomic mass is 16.5. The van der Waals surface area contributed by atoms with Crippen LogP contribution in [0.2, 0.25) is 0 Å². The van der Waals surface area contributed by atoms with Crippen LogP contribution >= 0.6 is 0 Å². The van der Waals surface area contributed by atoms with Gasteiger partial charge in [-0.3, -0.25) is 14.5 Å². The summed E-state index contributed by atoms with van der Waals surface area (Å²) < 4.78 is 9.94. The van der Waals surface area contributed by atoms with Crippen LogP contribution in [0.5, 0.6) is 0 Å². The van der Waals surface area contributed by atoms with Crippen LogP contribution in [0.4, 0.5) is 4.79 Å². The number of nitrogens with zero attached hydrogens (tertiary/aromatic N) is 3. The lowest BCUT2D eigenvalue weighted by Crippen LogP contribution is -2.57. The molecular weight excluding hydrogens is 352 g/mol. The lowest BCUT2D eigenvalue weighted by Gasteiger charge is -2.37. The van der Waals surface area contributed by atoms with Gasteiger partial charge in [-0.05, 0) is 12.3 Å². The van der Waals surface area contributed by atoms with Crippen LogP contribution in [0, 0.1) is 5.92 Å². The zero-order valence-electron chi connectivity index (χ0n) is 16.6. The molecule has 0 radical (unpaired) electrons. The molecule has 154 valence electrons. The van der Waals surface area contributed by atoms with Gasteiger partial charge < -0.3 is 24.6 Å². The number of alkyl carbamates (subject to hydrolysis) is 1. The van der Waals surface area contributed by atoms with E-state index in [0.717, 1.165) is 13.1 Å². The van der Waals surface area contributed by atoms with Gasteiger partial charge in [-0.25, -0.2) is 4.79 Å². The first-order valence-corrected chi connectivity index (χ1v) is 9.62. The minimum Gasteiger partial charge on any atom is -0.453 e. The lowest BCUT2D eigenvalue weighted by atomic mass is 10.0. The Balaban J connectivity index is 1.83. The maximum absolute atomic E-state index is 12.8. The summed E-state index contributed by atoms with van der Waals surface area (Å²) in [5.74, 6) is 0.234. The Labute approximate surface area is 160 Å². The Bertz CT molecular complexity index is 514. The molecule has 9 heteroatoms. The number of rotatable bonds is 6. The smallest absolute Gasteiger partial charge is 0.407 e. The van der Waals surface area contributed by atoms with Gasteiger partial charge >= 0.3 is 6.09 Å². The summed E-state index contributed by atoms with van der Waals surface area (Å²) in [6.07, 6.45) is -0.0577. The zero-order valence-corrected chi connectivity index (χ0v) is 16.6. The van der Waals surface area contributed by atoms with Crippen LogP contribution in [0.25, 0.3) is 0 Å². The summed E-state index contributed by atoms with van der Waals surface area (Å²) in [6.45, 7) is 9.28. The molecule has 0 aromatic carbocycles. The van der Waals surface area contributed by atoms with Gasteiger partial charge in [-0.15, -0.1) is 0 Å². The molecule has 0 saturated carbocycles. The molecule has 0 aliphatic carbocycles.